The van der Waals surface area contributed by atoms with Crippen molar-refractivity contribution >= 4 is 18.2 Å². The van der Waals surface area contributed by atoms with Gasteiger partial charge in [0.05, 0.1) is 0 Å². The number of nitrogens with one attached hydrogen (secondary N) is 2. The van der Waals surface area contributed by atoms with Crippen molar-refractivity contribution in [2.24, 2.45) is 7.05 Å². The lowest BCUT2D eigenvalue weighted by atomic mass is 10.8. The van der Waals surface area contributed by atoms with E-state index >= 15 is 0 Å². The number of anilines is 1. The predicted octanol–water partition coefficient (Wildman–Crippen LogP) is -0.120. The molecular formula is C5H8N4OS. The van der Waals surface area contributed by atoms with Gasteiger partial charge in [0.15, 0.2) is 4.77 Å². The minimum atomic E-state index is -0.433. The SMILES string of the molecule is CNc1nc(=O)[nH]c(=S)n1C. The Bertz CT molecular complexity index is 365. The molecule has 0 aliphatic heterocycles. The summed E-state index contributed by atoms with van der Waals surface area (Å²) in [4.78, 5) is 16.7. The van der Waals surface area contributed by atoms with Crippen molar-refractivity contribution in [3.05, 3.63) is 15.3 Å². The first-order valence-electron chi connectivity index (χ1n) is 3.00. The van der Waals surface area contributed by atoms with Gasteiger partial charge in [0, 0.05) is 14.1 Å². The van der Waals surface area contributed by atoms with Gasteiger partial charge in [0.25, 0.3) is 0 Å². The van der Waals surface area contributed by atoms with E-state index in [0.29, 0.717) is 10.7 Å². The molecule has 0 aromatic carbocycles. The van der Waals surface area contributed by atoms with Crippen molar-refractivity contribution in [3.63, 3.8) is 0 Å². The normalized spacial score (nSPS) is 9.64. The number of nitrogens with zero attached hydrogens (tertiary/aromatic N) is 2. The first kappa shape index (κ1) is 7.93. The molecule has 0 bridgehead atoms. The number of hydrogen-bond donors (Lipinski definition) is 2. The minimum absolute atomic E-state index is 0.356. The summed E-state index contributed by atoms with van der Waals surface area (Å²) in [5.41, 5.74) is -0.433. The van der Waals surface area contributed by atoms with Crippen LogP contribution in [-0.2, 0) is 7.05 Å². The van der Waals surface area contributed by atoms with Crippen LogP contribution in [-0.4, -0.2) is 21.6 Å². The molecule has 0 atom stereocenters. The van der Waals surface area contributed by atoms with Crippen molar-refractivity contribution in [1.29, 1.82) is 0 Å². The fourth-order valence-corrected chi connectivity index (χ4v) is 0.868. The second kappa shape index (κ2) is 2.83. The van der Waals surface area contributed by atoms with Gasteiger partial charge in [-0.2, -0.15) is 4.98 Å². The lowest BCUT2D eigenvalue weighted by molar-refractivity contribution is 0.791. The molecule has 0 radical (unpaired) electrons. The first-order valence-corrected chi connectivity index (χ1v) is 3.41. The first-order chi connectivity index (χ1) is 5.15. The third-order valence-corrected chi connectivity index (χ3v) is 1.64. The maximum Gasteiger partial charge on any atom is 0.350 e. The zero-order chi connectivity index (χ0) is 8.43. The highest BCUT2D eigenvalue weighted by Crippen LogP contribution is 1.93. The van der Waals surface area contributed by atoms with Gasteiger partial charge in [-0.05, 0) is 12.2 Å². The number of rotatable bonds is 1. The summed E-state index contributed by atoms with van der Waals surface area (Å²) in [7, 11) is 3.40. The third-order valence-electron chi connectivity index (χ3n) is 1.27. The van der Waals surface area contributed by atoms with Gasteiger partial charge in [0.1, 0.15) is 0 Å². The van der Waals surface area contributed by atoms with E-state index in [4.69, 9.17) is 12.2 Å². The Morgan fingerprint density at radius 2 is 2.36 bits per heavy atom. The van der Waals surface area contributed by atoms with Crippen LogP contribution in [0.4, 0.5) is 5.95 Å². The van der Waals surface area contributed by atoms with Crippen LogP contribution in [0.5, 0.6) is 0 Å². The fraction of sp³-hybridized carbons (Fsp3) is 0.400. The smallest absolute Gasteiger partial charge is 0.350 e. The highest BCUT2D eigenvalue weighted by Gasteiger charge is 1.96. The second-order valence-corrected chi connectivity index (χ2v) is 2.37. The molecule has 0 saturated carbocycles. The van der Waals surface area contributed by atoms with Gasteiger partial charge in [-0.3, -0.25) is 9.55 Å². The maximum atomic E-state index is 10.7. The van der Waals surface area contributed by atoms with Crippen molar-refractivity contribution in [3.8, 4) is 0 Å². The summed E-state index contributed by atoms with van der Waals surface area (Å²) < 4.78 is 1.94. The molecule has 5 nitrogen and oxygen atoms in total. The molecule has 1 rings (SSSR count). The summed E-state index contributed by atoms with van der Waals surface area (Å²) in [6, 6.07) is 0. The molecule has 6 heteroatoms. The average molecular weight is 172 g/mol. The van der Waals surface area contributed by atoms with E-state index in [0.717, 1.165) is 0 Å². The number of H-pyrrole nitrogens is 1. The maximum absolute atomic E-state index is 10.7. The van der Waals surface area contributed by atoms with Gasteiger partial charge in [0.2, 0.25) is 5.95 Å². The van der Waals surface area contributed by atoms with Crippen LogP contribution in [0.25, 0.3) is 0 Å². The Morgan fingerprint density at radius 3 is 2.91 bits per heavy atom. The highest BCUT2D eigenvalue weighted by atomic mass is 32.1. The molecule has 11 heavy (non-hydrogen) atoms. The van der Waals surface area contributed by atoms with E-state index in [-0.39, 0.29) is 0 Å². The molecule has 0 spiro atoms. The van der Waals surface area contributed by atoms with Crippen LogP contribution < -0.4 is 11.0 Å². The van der Waals surface area contributed by atoms with Gasteiger partial charge < -0.3 is 5.32 Å². The third kappa shape index (κ3) is 1.45. The second-order valence-electron chi connectivity index (χ2n) is 1.98. The Hall–Kier alpha value is -1.17. The fourth-order valence-electron chi connectivity index (χ4n) is 0.694. The predicted molar refractivity (Wildman–Crippen MR) is 44.2 cm³/mol. The minimum Gasteiger partial charge on any atom is -0.359 e. The van der Waals surface area contributed by atoms with Crippen LogP contribution >= 0.6 is 12.2 Å². The van der Waals surface area contributed by atoms with Gasteiger partial charge in [-0.25, -0.2) is 4.79 Å². The number of aromatic amines is 1. The van der Waals surface area contributed by atoms with E-state index < -0.39 is 5.69 Å². The van der Waals surface area contributed by atoms with E-state index in [9.17, 15) is 4.79 Å². The Balaban J connectivity index is 3.49. The zero-order valence-electron chi connectivity index (χ0n) is 6.21. The Kier molecular flexibility index (Phi) is 2.04. The molecule has 0 saturated heterocycles. The van der Waals surface area contributed by atoms with Gasteiger partial charge in [-0.15, -0.1) is 0 Å². The number of hydrogen-bond acceptors (Lipinski definition) is 4. The van der Waals surface area contributed by atoms with Crippen molar-refractivity contribution < 1.29 is 0 Å². The molecule has 0 amide bonds. The van der Waals surface area contributed by atoms with Gasteiger partial charge >= 0.3 is 5.69 Å². The molecule has 0 aliphatic carbocycles. The molecule has 1 heterocycles. The van der Waals surface area contributed by atoms with Crippen LogP contribution in [0, 0.1) is 4.77 Å². The molecule has 0 fully saturated rings. The van der Waals surface area contributed by atoms with E-state index in [1.54, 1.807) is 18.7 Å². The van der Waals surface area contributed by atoms with Gasteiger partial charge in [-0.1, -0.05) is 0 Å². The largest absolute Gasteiger partial charge is 0.359 e. The highest BCUT2D eigenvalue weighted by molar-refractivity contribution is 7.71. The van der Waals surface area contributed by atoms with Crippen LogP contribution in [0.3, 0.4) is 0 Å². The zero-order valence-corrected chi connectivity index (χ0v) is 7.03. The lowest BCUT2D eigenvalue weighted by Gasteiger charge is -2.03. The summed E-state index contributed by atoms with van der Waals surface area (Å²) in [5, 5.41) is 2.74. The van der Waals surface area contributed by atoms with E-state index in [2.05, 4.69) is 15.3 Å². The number of aromatic nitrogens is 3. The topological polar surface area (TPSA) is 62.7 Å². The summed E-state index contributed by atoms with van der Waals surface area (Å²) in [6.45, 7) is 0. The van der Waals surface area contributed by atoms with Crippen molar-refractivity contribution in [1.82, 2.24) is 14.5 Å². The summed E-state index contributed by atoms with van der Waals surface area (Å²) in [6.07, 6.45) is 0. The lowest BCUT2D eigenvalue weighted by Crippen LogP contribution is -2.18. The quantitative estimate of drug-likeness (QED) is 0.580. The molecule has 0 unspecified atom stereocenters. The Labute approximate surface area is 68.1 Å². The molecule has 2 N–H and O–H groups in total. The summed E-state index contributed by atoms with van der Waals surface area (Å²) in [5.74, 6) is 0.457. The van der Waals surface area contributed by atoms with E-state index in [1.165, 1.54) is 0 Å². The average Bonchev–Trinajstić information content (AvgIpc) is 1.96. The molecule has 60 valence electrons. The van der Waals surface area contributed by atoms with Crippen molar-refractivity contribution in [2.75, 3.05) is 12.4 Å². The monoisotopic (exact) mass is 172 g/mol. The van der Waals surface area contributed by atoms with E-state index in [1.807, 2.05) is 0 Å². The molecule has 0 aliphatic rings. The van der Waals surface area contributed by atoms with Crippen LogP contribution in [0.2, 0.25) is 0 Å². The van der Waals surface area contributed by atoms with Crippen molar-refractivity contribution in [2.45, 2.75) is 0 Å². The Morgan fingerprint density at radius 1 is 1.73 bits per heavy atom. The molecule has 1 aromatic rings. The molecular weight excluding hydrogens is 164 g/mol. The van der Waals surface area contributed by atoms with Crippen LogP contribution in [0.1, 0.15) is 0 Å². The van der Waals surface area contributed by atoms with Crippen LogP contribution in [0.15, 0.2) is 4.79 Å². The summed E-state index contributed by atoms with van der Waals surface area (Å²) >= 11 is 4.82. The standard InChI is InChI=1S/C5H8N4OS/c1-6-3-7-4(10)8-5(11)9(3)2/h1-2H3,(H2,6,7,8,10,11). The molecule has 1 aromatic heterocycles.